The van der Waals surface area contributed by atoms with Gasteiger partial charge in [-0.2, -0.15) is 0 Å². The van der Waals surface area contributed by atoms with Crippen molar-refractivity contribution in [2.24, 2.45) is 5.73 Å². The normalized spacial score (nSPS) is 11.9. The fourth-order valence-electron chi connectivity index (χ4n) is 1.34. The molecule has 0 fully saturated rings. The molecule has 94 valence electrons. The van der Waals surface area contributed by atoms with E-state index in [-0.39, 0.29) is 5.91 Å². The van der Waals surface area contributed by atoms with Gasteiger partial charge in [-0.25, -0.2) is 4.79 Å². The zero-order chi connectivity index (χ0) is 12.4. The summed E-state index contributed by atoms with van der Waals surface area (Å²) >= 11 is 0. The van der Waals surface area contributed by atoms with Crippen LogP contribution in [0.1, 0.15) is 26.2 Å². The van der Waals surface area contributed by atoms with E-state index in [0.29, 0.717) is 13.1 Å². The number of carbonyl (C=O) groups is 2. The van der Waals surface area contributed by atoms with Crippen molar-refractivity contribution in [3.05, 3.63) is 0 Å². The van der Waals surface area contributed by atoms with E-state index in [2.05, 4.69) is 15.4 Å². The fourth-order valence-corrected chi connectivity index (χ4v) is 1.34. The van der Waals surface area contributed by atoms with Crippen LogP contribution in [0.15, 0.2) is 0 Å². The van der Waals surface area contributed by atoms with Crippen LogP contribution in [0.25, 0.3) is 0 Å². The van der Waals surface area contributed by atoms with Crippen LogP contribution < -0.4 is 16.4 Å². The van der Waals surface area contributed by atoms with Gasteiger partial charge in [-0.05, 0) is 25.8 Å². The summed E-state index contributed by atoms with van der Waals surface area (Å²) < 4.78 is 4.60. The third kappa shape index (κ3) is 7.19. The second-order valence-electron chi connectivity index (χ2n) is 3.48. The first-order valence-corrected chi connectivity index (χ1v) is 5.37. The first-order chi connectivity index (χ1) is 7.61. The summed E-state index contributed by atoms with van der Waals surface area (Å²) in [6.45, 7) is 2.64. The molecule has 0 bridgehead atoms. The number of rotatable bonds is 8. The molecule has 6 heteroatoms. The molecule has 0 radical (unpaired) electrons. The van der Waals surface area contributed by atoms with Gasteiger partial charge in [0.15, 0.2) is 0 Å². The quantitative estimate of drug-likeness (QED) is 0.293. The zero-order valence-corrected chi connectivity index (χ0v) is 9.91. The first kappa shape index (κ1) is 14.9. The van der Waals surface area contributed by atoms with Gasteiger partial charge in [-0.3, -0.25) is 4.79 Å². The highest BCUT2D eigenvalue weighted by molar-refractivity contribution is 5.83. The molecule has 16 heavy (non-hydrogen) atoms. The molecule has 0 rings (SSSR count). The van der Waals surface area contributed by atoms with E-state index >= 15 is 0 Å². The molecule has 0 saturated carbocycles. The highest BCUT2D eigenvalue weighted by Gasteiger charge is 2.18. The van der Waals surface area contributed by atoms with Crippen LogP contribution in [-0.4, -0.2) is 38.2 Å². The Hall–Kier alpha value is -1.14. The SMILES string of the molecule is COC(=O)C(CCCCNCN)NC(C)=O. The molecular weight excluding hydrogens is 210 g/mol. The summed E-state index contributed by atoms with van der Waals surface area (Å²) in [6, 6.07) is -0.541. The number of amides is 1. The molecule has 0 aromatic carbocycles. The summed E-state index contributed by atoms with van der Waals surface area (Å²) in [4.78, 5) is 22.2. The van der Waals surface area contributed by atoms with Gasteiger partial charge in [-0.15, -0.1) is 0 Å². The number of hydrogen-bond donors (Lipinski definition) is 3. The Bertz CT molecular complexity index is 221. The van der Waals surface area contributed by atoms with Crippen molar-refractivity contribution in [2.75, 3.05) is 20.3 Å². The summed E-state index contributed by atoms with van der Waals surface area (Å²) in [7, 11) is 1.31. The predicted octanol–water partition coefficient (Wildman–Crippen LogP) is -0.660. The Balaban J connectivity index is 3.83. The lowest BCUT2D eigenvalue weighted by molar-refractivity contribution is -0.145. The third-order valence-corrected chi connectivity index (χ3v) is 2.10. The lowest BCUT2D eigenvalue weighted by atomic mass is 10.1. The van der Waals surface area contributed by atoms with Crippen molar-refractivity contribution in [1.29, 1.82) is 0 Å². The molecule has 1 unspecified atom stereocenters. The molecule has 4 N–H and O–H groups in total. The highest BCUT2D eigenvalue weighted by Crippen LogP contribution is 2.02. The van der Waals surface area contributed by atoms with Crippen molar-refractivity contribution in [3.8, 4) is 0 Å². The maximum atomic E-state index is 11.3. The zero-order valence-electron chi connectivity index (χ0n) is 9.91. The van der Waals surface area contributed by atoms with E-state index in [4.69, 9.17) is 5.73 Å². The summed E-state index contributed by atoms with van der Waals surface area (Å²) in [5.74, 6) is -0.627. The Kier molecular flexibility index (Phi) is 8.46. The monoisotopic (exact) mass is 231 g/mol. The largest absolute Gasteiger partial charge is 0.467 e. The summed E-state index contributed by atoms with van der Waals surface area (Å²) in [5.41, 5.74) is 5.26. The van der Waals surface area contributed by atoms with Gasteiger partial charge in [0.1, 0.15) is 6.04 Å². The number of hydrogen-bond acceptors (Lipinski definition) is 5. The average Bonchev–Trinajstić information content (AvgIpc) is 2.25. The molecule has 0 spiro atoms. The number of carbonyl (C=O) groups excluding carboxylic acids is 2. The van der Waals surface area contributed by atoms with Gasteiger partial charge in [0.2, 0.25) is 5.91 Å². The van der Waals surface area contributed by atoms with Gasteiger partial charge >= 0.3 is 5.97 Å². The molecule has 1 amide bonds. The van der Waals surface area contributed by atoms with Crippen molar-refractivity contribution >= 4 is 11.9 Å². The summed E-state index contributed by atoms with van der Waals surface area (Å²) in [5, 5.41) is 5.54. The van der Waals surface area contributed by atoms with Crippen molar-refractivity contribution in [3.63, 3.8) is 0 Å². The van der Waals surface area contributed by atoms with Gasteiger partial charge < -0.3 is 21.1 Å². The van der Waals surface area contributed by atoms with E-state index in [0.717, 1.165) is 19.4 Å². The lowest BCUT2D eigenvalue weighted by Crippen LogP contribution is -2.40. The lowest BCUT2D eigenvalue weighted by Gasteiger charge is -2.15. The smallest absolute Gasteiger partial charge is 0.328 e. The topological polar surface area (TPSA) is 93.4 Å². The molecule has 0 aliphatic carbocycles. The van der Waals surface area contributed by atoms with Crippen molar-refractivity contribution in [2.45, 2.75) is 32.2 Å². The Morgan fingerprint density at radius 3 is 2.56 bits per heavy atom. The second kappa shape index (κ2) is 9.11. The number of esters is 1. The minimum Gasteiger partial charge on any atom is -0.467 e. The fraction of sp³-hybridized carbons (Fsp3) is 0.800. The predicted molar refractivity (Wildman–Crippen MR) is 60.5 cm³/mol. The molecule has 6 nitrogen and oxygen atoms in total. The summed E-state index contributed by atoms with van der Waals surface area (Å²) in [6.07, 6.45) is 2.32. The average molecular weight is 231 g/mol. The van der Waals surface area contributed by atoms with Gasteiger partial charge in [0.25, 0.3) is 0 Å². The Morgan fingerprint density at radius 1 is 1.38 bits per heavy atom. The molecule has 0 aliphatic rings. The molecule has 1 atom stereocenters. The molecule has 0 aromatic heterocycles. The van der Waals surface area contributed by atoms with E-state index < -0.39 is 12.0 Å². The minimum absolute atomic E-state index is 0.226. The van der Waals surface area contributed by atoms with E-state index in [1.807, 2.05) is 0 Å². The van der Waals surface area contributed by atoms with E-state index in [1.54, 1.807) is 0 Å². The van der Waals surface area contributed by atoms with E-state index in [9.17, 15) is 9.59 Å². The van der Waals surface area contributed by atoms with Crippen LogP contribution >= 0.6 is 0 Å². The van der Waals surface area contributed by atoms with Crippen LogP contribution in [0.4, 0.5) is 0 Å². The van der Waals surface area contributed by atoms with Crippen LogP contribution in [0.5, 0.6) is 0 Å². The minimum atomic E-state index is -0.541. The molecule has 0 heterocycles. The van der Waals surface area contributed by atoms with Gasteiger partial charge in [0.05, 0.1) is 7.11 Å². The second-order valence-corrected chi connectivity index (χ2v) is 3.48. The maximum Gasteiger partial charge on any atom is 0.328 e. The third-order valence-electron chi connectivity index (χ3n) is 2.10. The highest BCUT2D eigenvalue weighted by atomic mass is 16.5. The Labute approximate surface area is 95.9 Å². The number of unbranched alkanes of at least 4 members (excludes halogenated alkanes) is 1. The van der Waals surface area contributed by atoms with Crippen LogP contribution in [0.3, 0.4) is 0 Å². The number of nitrogens with one attached hydrogen (secondary N) is 2. The first-order valence-electron chi connectivity index (χ1n) is 5.37. The number of nitrogens with two attached hydrogens (primary N) is 1. The van der Waals surface area contributed by atoms with Gasteiger partial charge in [-0.1, -0.05) is 0 Å². The van der Waals surface area contributed by atoms with Crippen molar-refractivity contribution in [1.82, 2.24) is 10.6 Å². The van der Waals surface area contributed by atoms with Crippen LogP contribution in [0.2, 0.25) is 0 Å². The van der Waals surface area contributed by atoms with Crippen molar-refractivity contribution < 1.29 is 14.3 Å². The molecule has 0 aliphatic heterocycles. The van der Waals surface area contributed by atoms with Crippen LogP contribution in [0, 0.1) is 0 Å². The van der Waals surface area contributed by atoms with E-state index in [1.165, 1.54) is 14.0 Å². The maximum absolute atomic E-state index is 11.3. The molecule has 0 aromatic rings. The Morgan fingerprint density at radius 2 is 2.06 bits per heavy atom. The molecule has 0 saturated heterocycles. The van der Waals surface area contributed by atoms with Crippen LogP contribution in [-0.2, 0) is 14.3 Å². The number of ether oxygens (including phenoxy) is 1. The molecular formula is C10H21N3O3. The van der Waals surface area contributed by atoms with Gasteiger partial charge in [0, 0.05) is 13.6 Å². The standard InChI is InChI=1S/C10H21N3O3/c1-8(14)13-9(10(15)16-2)5-3-4-6-12-7-11/h9,12H,3-7,11H2,1-2H3,(H,13,14). The number of methoxy groups -OCH3 is 1.